The van der Waals surface area contributed by atoms with E-state index in [1.54, 1.807) is 11.8 Å². The lowest BCUT2D eigenvalue weighted by Crippen LogP contribution is -2.62. The summed E-state index contributed by atoms with van der Waals surface area (Å²) in [5.41, 5.74) is -1.48. The minimum absolute atomic E-state index is 0.0297. The molecule has 0 bridgehead atoms. The molecule has 2 heterocycles. The molecule has 0 aromatic rings. The molecule has 5 heteroatoms. The van der Waals surface area contributed by atoms with Gasteiger partial charge in [-0.05, 0) is 45.1 Å². The maximum atomic E-state index is 13.1. The molecule has 0 saturated carbocycles. The van der Waals surface area contributed by atoms with E-state index in [4.69, 9.17) is 0 Å². The highest BCUT2D eigenvalue weighted by atomic mass is 16.4. The first-order chi connectivity index (χ1) is 9.34. The number of nitrogens with zero attached hydrogens (tertiary/aromatic N) is 1. The van der Waals surface area contributed by atoms with E-state index in [1.165, 1.54) is 0 Å². The summed E-state index contributed by atoms with van der Waals surface area (Å²) >= 11 is 0. The molecule has 0 radical (unpaired) electrons. The number of carbonyl (C=O) groups excluding carboxylic acids is 1. The highest BCUT2D eigenvalue weighted by Gasteiger charge is 2.52. The fourth-order valence-electron chi connectivity index (χ4n) is 3.57. The van der Waals surface area contributed by atoms with Crippen molar-refractivity contribution in [1.29, 1.82) is 0 Å². The lowest BCUT2D eigenvalue weighted by atomic mass is 9.73. The fourth-order valence-corrected chi connectivity index (χ4v) is 3.57. The van der Waals surface area contributed by atoms with Crippen molar-refractivity contribution in [2.24, 2.45) is 11.3 Å². The largest absolute Gasteiger partial charge is 0.480 e. The van der Waals surface area contributed by atoms with Crippen molar-refractivity contribution in [2.45, 2.75) is 52.0 Å². The Morgan fingerprint density at radius 2 is 1.95 bits per heavy atom. The number of nitrogens with one attached hydrogen (secondary N) is 1. The number of hydrogen-bond acceptors (Lipinski definition) is 3. The van der Waals surface area contributed by atoms with Crippen LogP contribution in [0.5, 0.6) is 0 Å². The molecule has 0 aliphatic carbocycles. The van der Waals surface area contributed by atoms with Crippen LogP contribution < -0.4 is 5.32 Å². The summed E-state index contributed by atoms with van der Waals surface area (Å²) in [5.74, 6) is -0.637. The summed E-state index contributed by atoms with van der Waals surface area (Å²) < 4.78 is 0. The molecular weight excluding hydrogens is 256 g/mol. The summed E-state index contributed by atoms with van der Waals surface area (Å²) in [6, 6.07) is 0. The SMILES string of the molecule is CC(C)C1(C(=O)N2CCCCC2(C)C(=O)O)CCNC1. The van der Waals surface area contributed by atoms with E-state index in [-0.39, 0.29) is 11.8 Å². The number of hydrogen-bond donors (Lipinski definition) is 2. The van der Waals surface area contributed by atoms with E-state index in [0.29, 0.717) is 19.5 Å². The van der Waals surface area contributed by atoms with Crippen molar-refractivity contribution in [3.8, 4) is 0 Å². The van der Waals surface area contributed by atoms with E-state index in [0.717, 1.165) is 25.8 Å². The van der Waals surface area contributed by atoms with Gasteiger partial charge in [-0.2, -0.15) is 0 Å². The molecule has 2 fully saturated rings. The van der Waals surface area contributed by atoms with Gasteiger partial charge >= 0.3 is 5.97 Å². The van der Waals surface area contributed by atoms with Crippen molar-refractivity contribution in [3.05, 3.63) is 0 Å². The zero-order valence-electron chi connectivity index (χ0n) is 12.7. The Hall–Kier alpha value is -1.10. The number of likely N-dealkylation sites (tertiary alicyclic amines) is 1. The van der Waals surface area contributed by atoms with Gasteiger partial charge in [0.25, 0.3) is 0 Å². The summed E-state index contributed by atoms with van der Waals surface area (Å²) in [4.78, 5) is 26.4. The predicted octanol–water partition coefficient (Wildman–Crippen LogP) is 1.48. The minimum Gasteiger partial charge on any atom is -0.480 e. The van der Waals surface area contributed by atoms with Crippen LogP contribution in [0.2, 0.25) is 0 Å². The van der Waals surface area contributed by atoms with Gasteiger partial charge in [0.15, 0.2) is 0 Å². The molecule has 2 aliphatic rings. The van der Waals surface area contributed by atoms with Crippen LogP contribution in [0.1, 0.15) is 46.5 Å². The van der Waals surface area contributed by atoms with Gasteiger partial charge in [-0.15, -0.1) is 0 Å². The van der Waals surface area contributed by atoms with Crippen molar-refractivity contribution in [2.75, 3.05) is 19.6 Å². The lowest BCUT2D eigenvalue weighted by molar-refractivity contribution is -0.167. The van der Waals surface area contributed by atoms with Crippen LogP contribution in [0.3, 0.4) is 0 Å². The highest BCUT2D eigenvalue weighted by molar-refractivity contribution is 5.90. The maximum absolute atomic E-state index is 13.1. The van der Waals surface area contributed by atoms with Crippen LogP contribution in [0, 0.1) is 11.3 Å². The number of carboxylic acid groups (broad SMARTS) is 1. The molecule has 0 aromatic heterocycles. The molecule has 5 nitrogen and oxygen atoms in total. The summed E-state index contributed by atoms with van der Waals surface area (Å²) in [5, 5.41) is 12.8. The smallest absolute Gasteiger partial charge is 0.329 e. The normalized spacial score (nSPS) is 34.5. The van der Waals surface area contributed by atoms with Crippen LogP contribution >= 0.6 is 0 Å². The fraction of sp³-hybridized carbons (Fsp3) is 0.867. The monoisotopic (exact) mass is 282 g/mol. The minimum atomic E-state index is -1.04. The second-order valence-electron chi connectivity index (χ2n) is 6.73. The number of rotatable bonds is 3. The topological polar surface area (TPSA) is 69.6 Å². The third-order valence-corrected chi connectivity index (χ3v) is 5.32. The van der Waals surface area contributed by atoms with E-state index in [1.807, 2.05) is 0 Å². The Kier molecular flexibility index (Phi) is 4.09. The van der Waals surface area contributed by atoms with Gasteiger partial charge in [0.1, 0.15) is 5.54 Å². The highest BCUT2D eigenvalue weighted by Crippen LogP contribution is 2.40. The Morgan fingerprint density at radius 1 is 1.25 bits per heavy atom. The van der Waals surface area contributed by atoms with E-state index in [2.05, 4.69) is 19.2 Å². The first-order valence-corrected chi connectivity index (χ1v) is 7.61. The van der Waals surface area contributed by atoms with E-state index < -0.39 is 16.9 Å². The van der Waals surface area contributed by atoms with Crippen LogP contribution in [0.4, 0.5) is 0 Å². The number of amides is 1. The zero-order valence-corrected chi connectivity index (χ0v) is 12.7. The zero-order chi connectivity index (χ0) is 15.0. The number of carbonyl (C=O) groups is 2. The molecule has 2 rings (SSSR count). The van der Waals surface area contributed by atoms with Crippen molar-refractivity contribution in [1.82, 2.24) is 10.2 Å². The standard InChI is InChI=1S/C15H26N2O3/c1-11(2)15(7-8-16-10-15)12(18)17-9-5-4-6-14(17,3)13(19)20/h11,16H,4-10H2,1-3H3,(H,19,20). The quantitative estimate of drug-likeness (QED) is 0.822. The number of piperidine rings is 1. The Morgan fingerprint density at radius 3 is 2.45 bits per heavy atom. The molecule has 1 amide bonds. The predicted molar refractivity (Wildman–Crippen MR) is 76.4 cm³/mol. The van der Waals surface area contributed by atoms with Gasteiger partial charge in [0.05, 0.1) is 5.41 Å². The lowest BCUT2D eigenvalue weighted by Gasteiger charge is -2.46. The average Bonchev–Trinajstić information content (AvgIpc) is 2.89. The number of aliphatic carboxylic acids is 1. The molecule has 2 unspecified atom stereocenters. The second-order valence-corrected chi connectivity index (χ2v) is 6.73. The van der Waals surface area contributed by atoms with Gasteiger partial charge in [0.2, 0.25) is 5.91 Å². The summed E-state index contributed by atoms with van der Waals surface area (Å²) in [7, 11) is 0. The molecule has 0 spiro atoms. The third kappa shape index (κ3) is 2.22. The molecule has 2 N–H and O–H groups in total. The number of carboxylic acids is 1. The van der Waals surface area contributed by atoms with Crippen LogP contribution in [0.25, 0.3) is 0 Å². The third-order valence-electron chi connectivity index (χ3n) is 5.32. The van der Waals surface area contributed by atoms with E-state index >= 15 is 0 Å². The summed E-state index contributed by atoms with van der Waals surface area (Å²) in [6.07, 6.45) is 3.13. The van der Waals surface area contributed by atoms with Crippen LogP contribution in [0.15, 0.2) is 0 Å². The first-order valence-electron chi connectivity index (χ1n) is 7.61. The molecule has 2 saturated heterocycles. The van der Waals surface area contributed by atoms with Gasteiger partial charge in [-0.3, -0.25) is 4.79 Å². The molecule has 20 heavy (non-hydrogen) atoms. The van der Waals surface area contributed by atoms with Crippen LogP contribution in [-0.4, -0.2) is 47.1 Å². The molecule has 0 aromatic carbocycles. The Bertz CT molecular complexity index is 402. The van der Waals surface area contributed by atoms with E-state index in [9.17, 15) is 14.7 Å². The first kappa shape index (κ1) is 15.3. The molecule has 114 valence electrons. The Balaban J connectivity index is 2.32. The second kappa shape index (κ2) is 5.35. The van der Waals surface area contributed by atoms with Crippen LogP contribution in [-0.2, 0) is 9.59 Å². The molecular formula is C15H26N2O3. The Labute approximate surface area is 120 Å². The molecule has 2 aliphatic heterocycles. The van der Waals surface area contributed by atoms with Crippen molar-refractivity contribution < 1.29 is 14.7 Å². The average molecular weight is 282 g/mol. The maximum Gasteiger partial charge on any atom is 0.329 e. The van der Waals surface area contributed by atoms with Gasteiger partial charge in [0, 0.05) is 13.1 Å². The van der Waals surface area contributed by atoms with Crippen molar-refractivity contribution >= 4 is 11.9 Å². The van der Waals surface area contributed by atoms with Gasteiger partial charge < -0.3 is 15.3 Å². The van der Waals surface area contributed by atoms with Gasteiger partial charge in [-0.1, -0.05) is 13.8 Å². The summed E-state index contributed by atoms with van der Waals surface area (Å²) in [6.45, 7) is 7.88. The van der Waals surface area contributed by atoms with Gasteiger partial charge in [-0.25, -0.2) is 4.79 Å². The van der Waals surface area contributed by atoms with Crippen molar-refractivity contribution in [3.63, 3.8) is 0 Å². The molecule has 2 atom stereocenters.